The van der Waals surface area contributed by atoms with E-state index in [4.69, 9.17) is 18.6 Å². The summed E-state index contributed by atoms with van der Waals surface area (Å²) in [5, 5.41) is 0.873. The SMILES string of the molecule is COc1cc2c(cc1OC)CN(Cc1cc(=O)c(OCC(=O)c3c(C)n(C)c4ccccc34)co1)CC2. The Morgan fingerprint density at radius 3 is 2.49 bits per heavy atom. The Bertz CT molecular complexity index is 1530. The van der Waals surface area contributed by atoms with Crippen molar-refractivity contribution in [3.63, 3.8) is 0 Å². The summed E-state index contributed by atoms with van der Waals surface area (Å²) < 4.78 is 24.2. The fraction of sp³-hybridized carbons (Fsp3) is 0.310. The highest BCUT2D eigenvalue weighted by Crippen LogP contribution is 2.33. The van der Waals surface area contributed by atoms with Crippen molar-refractivity contribution in [1.29, 1.82) is 0 Å². The van der Waals surface area contributed by atoms with Crippen LogP contribution in [0.1, 0.15) is 32.9 Å². The third kappa shape index (κ3) is 4.72. The zero-order valence-electron chi connectivity index (χ0n) is 21.5. The van der Waals surface area contributed by atoms with Crippen molar-refractivity contribution in [1.82, 2.24) is 9.47 Å². The third-order valence-electron chi connectivity index (χ3n) is 7.07. The number of aryl methyl sites for hydroxylation is 1. The average Bonchev–Trinajstić information content (AvgIpc) is 3.17. The highest BCUT2D eigenvalue weighted by molar-refractivity contribution is 6.10. The third-order valence-corrected chi connectivity index (χ3v) is 7.07. The van der Waals surface area contributed by atoms with Crippen LogP contribution >= 0.6 is 0 Å². The molecule has 8 heteroatoms. The smallest absolute Gasteiger partial charge is 0.227 e. The van der Waals surface area contributed by atoms with Crippen LogP contribution in [0.25, 0.3) is 10.9 Å². The molecule has 0 unspecified atom stereocenters. The molecule has 0 atom stereocenters. The number of Topliss-reactive ketones (excluding diaryl/α,β-unsaturated/α-hetero) is 1. The van der Waals surface area contributed by atoms with Crippen molar-refractivity contribution in [3.8, 4) is 17.2 Å². The number of ether oxygens (including phenoxy) is 3. The van der Waals surface area contributed by atoms with Crippen LogP contribution in [0.15, 0.2) is 57.9 Å². The molecule has 8 nitrogen and oxygen atoms in total. The Morgan fingerprint density at radius 1 is 1.03 bits per heavy atom. The molecular weight excluding hydrogens is 472 g/mol. The van der Waals surface area contributed by atoms with E-state index in [0.717, 1.165) is 40.9 Å². The van der Waals surface area contributed by atoms with Crippen molar-refractivity contribution >= 4 is 16.7 Å². The number of nitrogens with zero attached hydrogens (tertiary/aromatic N) is 2. The normalized spacial score (nSPS) is 13.4. The number of benzene rings is 2. The largest absolute Gasteiger partial charge is 0.493 e. The van der Waals surface area contributed by atoms with Gasteiger partial charge in [0.1, 0.15) is 12.0 Å². The molecule has 0 bridgehead atoms. The van der Waals surface area contributed by atoms with E-state index in [9.17, 15) is 9.59 Å². The molecule has 5 rings (SSSR count). The molecule has 0 spiro atoms. The quantitative estimate of drug-likeness (QED) is 0.333. The molecule has 0 aliphatic carbocycles. The summed E-state index contributed by atoms with van der Waals surface area (Å²) in [6.07, 6.45) is 2.16. The van der Waals surface area contributed by atoms with E-state index < -0.39 is 0 Å². The number of fused-ring (bicyclic) bond motifs is 2. The molecule has 0 N–H and O–H groups in total. The Balaban J connectivity index is 1.25. The summed E-state index contributed by atoms with van der Waals surface area (Å²) in [4.78, 5) is 27.9. The van der Waals surface area contributed by atoms with Gasteiger partial charge in [0, 0.05) is 48.4 Å². The van der Waals surface area contributed by atoms with Crippen molar-refractivity contribution < 1.29 is 23.4 Å². The number of hydrogen-bond donors (Lipinski definition) is 0. The van der Waals surface area contributed by atoms with Crippen molar-refractivity contribution in [2.24, 2.45) is 7.05 Å². The van der Waals surface area contributed by atoms with Crippen LogP contribution in [0.4, 0.5) is 0 Å². The second-order valence-electron chi connectivity index (χ2n) is 9.26. The van der Waals surface area contributed by atoms with E-state index >= 15 is 0 Å². The van der Waals surface area contributed by atoms with Gasteiger partial charge in [-0.3, -0.25) is 14.5 Å². The van der Waals surface area contributed by atoms with Crippen molar-refractivity contribution in [2.45, 2.75) is 26.4 Å². The molecule has 1 aliphatic heterocycles. The standard InChI is InChI=1S/C29H30N2O6/c1-18-29(22-7-5-6-8-23(22)30(18)2)25(33)16-37-28-17-36-21(13-24(28)32)15-31-10-9-19-11-26(34-3)27(35-4)12-20(19)14-31/h5-8,11-13,17H,9-10,14-16H2,1-4H3. The number of carbonyl (C=O) groups excluding carboxylic acids is 1. The van der Waals surface area contributed by atoms with Crippen molar-refractivity contribution in [3.05, 3.63) is 87.1 Å². The Labute approximate surface area is 215 Å². The second kappa shape index (κ2) is 10.1. The first-order valence-corrected chi connectivity index (χ1v) is 12.2. The van der Waals surface area contributed by atoms with Crippen LogP contribution in [-0.4, -0.2) is 42.6 Å². The Hall–Kier alpha value is -4.04. The van der Waals surface area contributed by atoms with Gasteiger partial charge in [-0.1, -0.05) is 18.2 Å². The first-order valence-electron chi connectivity index (χ1n) is 12.2. The molecule has 3 heterocycles. The molecule has 0 saturated carbocycles. The number of carbonyl (C=O) groups is 1. The van der Waals surface area contributed by atoms with E-state index in [0.29, 0.717) is 30.2 Å². The molecular formula is C29H30N2O6. The molecule has 2 aromatic carbocycles. The van der Waals surface area contributed by atoms with Gasteiger partial charge in [-0.05, 0) is 42.7 Å². The maximum Gasteiger partial charge on any atom is 0.227 e. The Kier molecular flexibility index (Phi) is 6.76. The molecule has 2 aromatic heterocycles. The van der Waals surface area contributed by atoms with E-state index in [2.05, 4.69) is 4.90 Å². The molecule has 0 saturated heterocycles. The van der Waals surface area contributed by atoms with Gasteiger partial charge in [0.15, 0.2) is 18.1 Å². The molecule has 192 valence electrons. The van der Waals surface area contributed by atoms with Crippen LogP contribution in [-0.2, 0) is 26.6 Å². The predicted octanol–water partition coefficient (Wildman–Crippen LogP) is 4.28. The number of rotatable bonds is 8. The predicted molar refractivity (Wildman–Crippen MR) is 140 cm³/mol. The molecule has 0 radical (unpaired) electrons. The molecule has 37 heavy (non-hydrogen) atoms. The van der Waals surface area contributed by atoms with Crippen molar-refractivity contribution in [2.75, 3.05) is 27.4 Å². The topological polar surface area (TPSA) is 83.1 Å². The number of aromatic nitrogens is 1. The molecule has 4 aromatic rings. The fourth-order valence-corrected chi connectivity index (χ4v) is 5.01. The molecule has 0 amide bonds. The summed E-state index contributed by atoms with van der Waals surface area (Å²) >= 11 is 0. The zero-order valence-corrected chi connectivity index (χ0v) is 21.5. The Morgan fingerprint density at radius 2 is 1.76 bits per heavy atom. The van der Waals surface area contributed by atoms with Gasteiger partial charge in [-0.2, -0.15) is 0 Å². The lowest BCUT2D eigenvalue weighted by Crippen LogP contribution is -2.30. The maximum absolute atomic E-state index is 13.0. The summed E-state index contributed by atoms with van der Waals surface area (Å²) in [7, 11) is 5.19. The second-order valence-corrected chi connectivity index (χ2v) is 9.26. The summed E-state index contributed by atoms with van der Waals surface area (Å²) in [5.41, 5.74) is 4.52. The lowest BCUT2D eigenvalue weighted by molar-refractivity contribution is 0.0919. The highest BCUT2D eigenvalue weighted by Gasteiger charge is 2.22. The van der Waals surface area contributed by atoms with Crippen LogP contribution < -0.4 is 19.6 Å². The van der Waals surface area contributed by atoms with Gasteiger partial charge in [0.25, 0.3) is 0 Å². The van der Waals surface area contributed by atoms with E-state index in [-0.39, 0.29) is 23.6 Å². The lowest BCUT2D eigenvalue weighted by atomic mass is 9.98. The first kappa shape index (κ1) is 24.6. The highest BCUT2D eigenvalue weighted by atomic mass is 16.5. The first-order chi connectivity index (χ1) is 17.9. The van der Waals surface area contributed by atoms with Gasteiger partial charge < -0.3 is 23.2 Å². The zero-order chi connectivity index (χ0) is 26.1. The fourth-order valence-electron chi connectivity index (χ4n) is 5.01. The van der Waals surface area contributed by atoms with E-state index in [1.807, 2.05) is 54.9 Å². The van der Waals surface area contributed by atoms with Gasteiger partial charge >= 0.3 is 0 Å². The van der Waals surface area contributed by atoms with Gasteiger partial charge in [0.2, 0.25) is 17.0 Å². The van der Waals surface area contributed by atoms with Gasteiger partial charge in [0.05, 0.1) is 20.8 Å². The summed E-state index contributed by atoms with van der Waals surface area (Å²) in [5.74, 6) is 1.81. The minimum Gasteiger partial charge on any atom is -0.493 e. The van der Waals surface area contributed by atoms with Crippen LogP contribution in [0.2, 0.25) is 0 Å². The summed E-state index contributed by atoms with van der Waals surface area (Å²) in [6, 6.07) is 13.2. The maximum atomic E-state index is 13.0. The number of para-hydroxylation sites is 1. The summed E-state index contributed by atoms with van der Waals surface area (Å²) in [6.45, 7) is 3.67. The van der Waals surface area contributed by atoms with Crippen LogP contribution in [0.3, 0.4) is 0 Å². The minimum absolute atomic E-state index is 0.0239. The van der Waals surface area contributed by atoms with E-state index in [1.54, 1.807) is 14.2 Å². The van der Waals surface area contributed by atoms with Gasteiger partial charge in [-0.25, -0.2) is 0 Å². The minimum atomic E-state index is -0.312. The lowest BCUT2D eigenvalue weighted by Gasteiger charge is -2.29. The number of ketones is 1. The molecule has 1 aliphatic rings. The average molecular weight is 503 g/mol. The van der Waals surface area contributed by atoms with E-state index in [1.165, 1.54) is 17.9 Å². The van der Waals surface area contributed by atoms with Crippen LogP contribution in [0, 0.1) is 6.92 Å². The molecule has 0 fully saturated rings. The number of methoxy groups -OCH3 is 2. The van der Waals surface area contributed by atoms with Gasteiger partial charge in [-0.15, -0.1) is 0 Å². The monoisotopic (exact) mass is 502 g/mol. The van der Waals surface area contributed by atoms with Crippen LogP contribution in [0.5, 0.6) is 17.2 Å². The number of hydrogen-bond acceptors (Lipinski definition) is 7.